The minimum absolute atomic E-state index is 0.0286. The number of alkyl halides is 2. The Morgan fingerprint density at radius 3 is 2.52 bits per heavy atom. The van der Waals surface area contributed by atoms with Crippen molar-refractivity contribution < 1.29 is 27.8 Å². The van der Waals surface area contributed by atoms with Crippen LogP contribution in [-0.2, 0) is 11.2 Å². The van der Waals surface area contributed by atoms with Crippen molar-refractivity contribution in [2.75, 3.05) is 32.8 Å². The van der Waals surface area contributed by atoms with Crippen molar-refractivity contribution in [2.24, 2.45) is 5.92 Å². The van der Waals surface area contributed by atoms with Crippen LogP contribution in [0.1, 0.15) is 15.9 Å². The highest BCUT2D eigenvalue weighted by molar-refractivity contribution is 6.30. The molecule has 0 aliphatic carbocycles. The van der Waals surface area contributed by atoms with E-state index in [4.69, 9.17) is 16.3 Å². The second kappa shape index (κ2) is 9.09. The summed E-state index contributed by atoms with van der Waals surface area (Å²) in [6.45, 7) is -1.37. The van der Waals surface area contributed by atoms with Gasteiger partial charge in [-0.25, -0.2) is 0 Å². The number of fused-ring (bicyclic) bond motifs is 1. The van der Waals surface area contributed by atoms with Gasteiger partial charge >= 0.3 is 6.61 Å². The molecule has 2 heterocycles. The van der Waals surface area contributed by atoms with Gasteiger partial charge in [0.1, 0.15) is 18.1 Å². The number of rotatable bonds is 4. The Morgan fingerprint density at radius 2 is 1.77 bits per heavy atom. The lowest BCUT2D eigenvalue weighted by Gasteiger charge is -2.37. The first-order valence-corrected chi connectivity index (χ1v) is 10.3. The van der Waals surface area contributed by atoms with Crippen molar-refractivity contribution >= 4 is 23.4 Å². The molecular formula is C22H21ClF2N2O4. The highest BCUT2D eigenvalue weighted by Crippen LogP contribution is 2.31. The van der Waals surface area contributed by atoms with E-state index in [-0.39, 0.29) is 23.1 Å². The number of ether oxygens (including phenoxy) is 2. The van der Waals surface area contributed by atoms with Crippen LogP contribution in [0, 0.1) is 5.92 Å². The quantitative estimate of drug-likeness (QED) is 0.715. The molecule has 2 aliphatic rings. The summed E-state index contributed by atoms with van der Waals surface area (Å²) in [7, 11) is 0. The third kappa shape index (κ3) is 4.74. The summed E-state index contributed by atoms with van der Waals surface area (Å²) in [5.74, 6) is -0.147. The Bertz CT molecular complexity index is 980. The molecule has 1 saturated heterocycles. The molecule has 2 amide bonds. The molecule has 9 heteroatoms. The number of carbonyl (C=O) groups is 2. The van der Waals surface area contributed by atoms with Crippen molar-refractivity contribution in [2.45, 2.75) is 13.0 Å². The largest absolute Gasteiger partial charge is 0.492 e. The number of hydrogen-bond acceptors (Lipinski definition) is 4. The molecule has 2 aliphatic heterocycles. The summed E-state index contributed by atoms with van der Waals surface area (Å²) in [5, 5.41) is 0.596. The number of halogens is 3. The molecule has 2 aromatic carbocycles. The van der Waals surface area contributed by atoms with Gasteiger partial charge in [-0.05, 0) is 42.3 Å². The first-order chi connectivity index (χ1) is 14.9. The van der Waals surface area contributed by atoms with Gasteiger partial charge in [-0.1, -0.05) is 23.7 Å². The van der Waals surface area contributed by atoms with Crippen LogP contribution in [0.25, 0.3) is 0 Å². The molecule has 1 fully saturated rings. The number of para-hydroxylation sites is 1. The molecule has 0 radical (unpaired) electrons. The molecule has 1 unspecified atom stereocenters. The van der Waals surface area contributed by atoms with E-state index in [1.54, 1.807) is 28.0 Å². The van der Waals surface area contributed by atoms with E-state index in [0.717, 1.165) is 11.3 Å². The molecule has 0 bridgehead atoms. The minimum Gasteiger partial charge on any atom is -0.492 e. The van der Waals surface area contributed by atoms with Gasteiger partial charge in [-0.15, -0.1) is 0 Å². The van der Waals surface area contributed by atoms with Crippen molar-refractivity contribution in [1.82, 2.24) is 9.80 Å². The average molecular weight is 451 g/mol. The van der Waals surface area contributed by atoms with Gasteiger partial charge in [-0.2, -0.15) is 8.78 Å². The Labute approximate surface area is 183 Å². The van der Waals surface area contributed by atoms with Crippen LogP contribution in [0.2, 0.25) is 5.02 Å². The van der Waals surface area contributed by atoms with Crippen LogP contribution in [-0.4, -0.2) is 61.0 Å². The monoisotopic (exact) mass is 450 g/mol. The molecular weight excluding hydrogens is 430 g/mol. The predicted molar refractivity (Wildman–Crippen MR) is 110 cm³/mol. The first kappa shape index (κ1) is 21.4. The lowest BCUT2D eigenvalue weighted by molar-refractivity contribution is -0.138. The van der Waals surface area contributed by atoms with E-state index in [0.29, 0.717) is 44.2 Å². The standard InChI is InChI=1S/C22H21ClF2N2O4/c23-16-5-6-18-14(12-16)11-15(13-30-18)20(28)26-7-9-27(10-8-26)21(29)17-3-1-2-4-19(17)31-22(24)25/h1-6,12,15,22H,7-11,13H2. The lowest BCUT2D eigenvalue weighted by atomic mass is 9.95. The molecule has 0 N–H and O–H groups in total. The van der Waals surface area contributed by atoms with Crippen LogP contribution >= 0.6 is 11.6 Å². The van der Waals surface area contributed by atoms with E-state index in [9.17, 15) is 18.4 Å². The lowest BCUT2D eigenvalue weighted by Crippen LogP contribution is -2.53. The topological polar surface area (TPSA) is 59.1 Å². The summed E-state index contributed by atoms with van der Waals surface area (Å²) >= 11 is 6.05. The molecule has 1 atom stereocenters. The maximum atomic E-state index is 13.0. The van der Waals surface area contributed by atoms with Gasteiger partial charge in [0.25, 0.3) is 5.91 Å². The van der Waals surface area contributed by atoms with Gasteiger partial charge < -0.3 is 19.3 Å². The first-order valence-electron chi connectivity index (χ1n) is 9.95. The summed E-state index contributed by atoms with van der Waals surface area (Å²) in [4.78, 5) is 29.1. The molecule has 2 aromatic rings. The highest BCUT2D eigenvalue weighted by atomic mass is 35.5. The average Bonchev–Trinajstić information content (AvgIpc) is 2.77. The molecule has 0 aromatic heterocycles. The van der Waals surface area contributed by atoms with Gasteiger partial charge in [0.15, 0.2) is 0 Å². The molecule has 6 nitrogen and oxygen atoms in total. The fraction of sp³-hybridized carbons (Fsp3) is 0.364. The zero-order valence-electron chi connectivity index (χ0n) is 16.6. The molecule has 0 saturated carbocycles. The van der Waals surface area contributed by atoms with Crippen molar-refractivity contribution in [3.63, 3.8) is 0 Å². The Balaban J connectivity index is 1.37. The summed E-state index contributed by atoms with van der Waals surface area (Å²) < 4.78 is 35.4. The summed E-state index contributed by atoms with van der Waals surface area (Å²) in [5.41, 5.74) is 0.985. The molecule has 0 spiro atoms. The third-order valence-electron chi connectivity index (χ3n) is 5.49. The van der Waals surface area contributed by atoms with Gasteiger partial charge in [0, 0.05) is 31.2 Å². The van der Waals surface area contributed by atoms with Gasteiger partial charge in [-0.3, -0.25) is 9.59 Å². The fourth-order valence-corrected chi connectivity index (χ4v) is 4.12. The summed E-state index contributed by atoms with van der Waals surface area (Å²) in [6.07, 6.45) is 0.548. The van der Waals surface area contributed by atoms with E-state index in [1.165, 1.54) is 18.2 Å². The van der Waals surface area contributed by atoms with E-state index < -0.39 is 12.5 Å². The van der Waals surface area contributed by atoms with Crippen LogP contribution in [0.4, 0.5) is 8.78 Å². The second-order valence-electron chi connectivity index (χ2n) is 7.46. The SMILES string of the molecule is O=C(c1ccccc1OC(F)F)N1CCN(C(=O)C2COc3ccc(Cl)cc3C2)CC1. The Kier molecular flexibility index (Phi) is 6.27. The predicted octanol–water partition coefficient (Wildman–Crippen LogP) is 3.48. The number of nitrogens with zero attached hydrogens (tertiary/aromatic N) is 2. The van der Waals surface area contributed by atoms with Crippen LogP contribution < -0.4 is 9.47 Å². The van der Waals surface area contributed by atoms with Gasteiger partial charge in [0.2, 0.25) is 5.91 Å². The van der Waals surface area contributed by atoms with Gasteiger partial charge in [0.05, 0.1) is 11.5 Å². The van der Waals surface area contributed by atoms with Crippen molar-refractivity contribution in [3.05, 3.63) is 58.6 Å². The number of amides is 2. The molecule has 164 valence electrons. The number of benzene rings is 2. The molecule has 4 rings (SSSR count). The van der Waals surface area contributed by atoms with Crippen molar-refractivity contribution in [3.8, 4) is 11.5 Å². The number of piperazine rings is 1. The zero-order chi connectivity index (χ0) is 22.0. The number of hydrogen-bond donors (Lipinski definition) is 0. The minimum atomic E-state index is -3.01. The number of carbonyl (C=O) groups excluding carboxylic acids is 2. The Hall–Kier alpha value is -2.87. The second-order valence-corrected chi connectivity index (χ2v) is 7.89. The van der Waals surface area contributed by atoms with E-state index in [1.807, 2.05) is 6.07 Å². The highest BCUT2D eigenvalue weighted by Gasteiger charge is 2.33. The van der Waals surface area contributed by atoms with Crippen LogP contribution in [0.15, 0.2) is 42.5 Å². The maximum absolute atomic E-state index is 13.0. The Morgan fingerprint density at radius 1 is 1.06 bits per heavy atom. The van der Waals surface area contributed by atoms with Crippen LogP contribution in [0.3, 0.4) is 0 Å². The summed E-state index contributed by atoms with van der Waals surface area (Å²) in [6, 6.07) is 11.3. The fourth-order valence-electron chi connectivity index (χ4n) is 3.92. The van der Waals surface area contributed by atoms with E-state index >= 15 is 0 Å². The van der Waals surface area contributed by atoms with Crippen LogP contribution in [0.5, 0.6) is 11.5 Å². The zero-order valence-corrected chi connectivity index (χ0v) is 17.4. The van der Waals surface area contributed by atoms with Crippen molar-refractivity contribution in [1.29, 1.82) is 0 Å². The van der Waals surface area contributed by atoms with E-state index in [2.05, 4.69) is 4.74 Å². The third-order valence-corrected chi connectivity index (χ3v) is 5.73. The maximum Gasteiger partial charge on any atom is 0.387 e. The smallest absolute Gasteiger partial charge is 0.387 e. The molecule has 31 heavy (non-hydrogen) atoms. The normalized spacial score (nSPS) is 18.4.